The highest BCUT2D eigenvalue weighted by Gasteiger charge is 2.50. The number of hydrogen-bond acceptors (Lipinski definition) is 4. The Hall–Kier alpha value is -2.27. The van der Waals surface area contributed by atoms with Crippen molar-refractivity contribution >= 4 is 29.0 Å². The zero-order chi connectivity index (χ0) is 19.3. The van der Waals surface area contributed by atoms with E-state index in [4.69, 9.17) is 17.3 Å². The van der Waals surface area contributed by atoms with Gasteiger partial charge in [-0.3, -0.25) is 4.79 Å². The zero-order valence-corrected chi connectivity index (χ0v) is 16.6. The first kappa shape index (κ1) is 17.8. The average Bonchev–Trinajstić information content (AvgIpc) is 3.18. The lowest BCUT2D eigenvalue weighted by molar-refractivity contribution is -0.139. The predicted molar refractivity (Wildman–Crippen MR) is 111 cm³/mol. The van der Waals surface area contributed by atoms with E-state index in [0.717, 1.165) is 38.3 Å². The molecule has 2 aliphatic heterocycles. The third kappa shape index (κ3) is 2.93. The number of likely N-dealkylation sites (tertiary alicyclic amines) is 1. The Labute approximate surface area is 170 Å². The summed E-state index contributed by atoms with van der Waals surface area (Å²) in [5, 5.41) is 0.556. The first-order valence-electron chi connectivity index (χ1n) is 10.1. The van der Waals surface area contributed by atoms with Crippen LogP contribution in [0, 0.1) is 17.8 Å². The highest BCUT2D eigenvalue weighted by Crippen LogP contribution is 2.47. The lowest BCUT2D eigenvalue weighted by Crippen LogP contribution is -2.41. The molecule has 2 aromatic rings. The summed E-state index contributed by atoms with van der Waals surface area (Å²) in [5.74, 6) is 2.22. The molecule has 0 bridgehead atoms. The molecular weight excluding hydrogens is 372 g/mol. The molecule has 1 aromatic carbocycles. The fourth-order valence-corrected chi connectivity index (χ4v) is 5.29. The minimum Gasteiger partial charge on any atom is -0.396 e. The van der Waals surface area contributed by atoms with Gasteiger partial charge in [0.05, 0.1) is 16.8 Å². The first-order chi connectivity index (χ1) is 13.6. The number of amides is 1. The number of rotatable bonds is 3. The molecule has 3 atom stereocenters. The van der Waals surface area contributed by atoms with Crippen molar-refractivity contribution in [3.05, 3.63) is 53.2 Å². The molecule has 1 aromatic heterocycles. The normalized spacial score (nSPS) is 27.0. The summed E-state index contributed by atoms with van der Waals surface area (Å²) in [6.45, 7) is 2.56. The number of pyridine rings is 1. The van der Waals surface area contributed by atoms with Gasteiger partial charge in [-0.2, -0.15) is 0 Å². The van der Waals surface area contributed by atoms with E-state index in [1.54, 1.807) is 12.3 Å². The number of fused-ring (bicyclic) bond motifs is 1. The second-order valence-electron chi connectivity index (χ2n) is 8.37. The van der Waals surface area contributed by atoms with Crippen molar-refractivity contribution in [3.8, 4) is 0 Å². The maximum Gasteiger partial charge on any atom is 0.226 e. The van der Waals surface area contributed by atoms with Gasteiger partial charge in [0.15, 0.2) is 5.82 Å². The number of anilines is 2. The highest BCUT2D eigenvalue weighted by molar-refractivity contribution is 6.30. The number of aromatic nitrogens is 1. The average molecular weight is 397 g/mol. The van der Waals surface area contributed by atoms with Crippen LogP contribution in [0.15, 0.2) is 42.6 Å². The summed E-state index contributed by atoms with van der Waals surface area (Å²) in [4.78, 5) is 22.1. The van der Waals surface area contributed by atoms with Crippen molar-refractivity contribution in [2.24, 2.45) is 17.8 Å². The smallest absolute Gasteiger partial charge is 0.226 e. The Bertz CT molecular complexity index is 885. The van der Waals surface area contributed by atoms with Gasteiger partial charge >= 0.3 is 0 Å². The summed E-state index contributed by atoms with van der Waals surface area (Å²) in [7, 11) is 0. The van der Waals surface area contributed by atoms with Gasteiger partial charge in [0.1, 0.15) is 0 Å². The second-order valence-corrected chi connectivity index (χ2v) is 8.81. The van der Waals surface area contributed by atoms with E-state index in [0.29, 0.717) is 28.5 Å². The van der Waals surface area contributed by atoms with Crippen molar-refractivity contribution in [2.75, 3.05) is 30.3 Å². The molecule has 3 fully saturated rings. The van der Waals surface area contributed by atoms with Crippen LogP contribution in [-0.4, -0.2) is 35.4 Å². The van der Waals surface area contributed by atoms with E-state index >= 15 is 0 Å². The number of nitrogens with zero attached hydrogens (tertiary/aromatic N) is 3. The Kier molecular flexibility index (Phi) is 4.43. The molecule has 5 nitrogen and oxygen atoms in total. The number of carbonyl (C=O) groups excluding carboxylic acids is 1. The number of nitrogen functional groups attached to an aromatic ring is 1. The fraction of sp³-hybridized carbons (Fsp3) is 0.455. The number of hydrogen-bond donors (Lipinski definition) is 1. The molecule has 28 heavy (non-hydrogen) atoms. The van der Waals surface area contributed by atoms with Gasteiger partial charge in [-0.1, -0.05) is 48.4 Å². The predicted octanol–water partition coefficient (Wildman–Crippen LogP) is 3.75. The van der Waals surface area contributed by atoms with Crippen molar-refractivity contribution < 1.29 is 4.79 Å². The molecule has 3 aliphatic rings. The maximum atomic E-state index is 13.2. The lowest BCUT2D eigenvalue weighted by Gasteiger charge is -2.35. The van der Waals surface area contributed by atoms with Gasteiger partial charge in [-0.25, -0.2) is 4.98 Å². The molecule has 0 radical (unpaired) electrons. The van der Waals surface area contributed by atoms with Crippen molar-refractivity contribution in [1.82, 2.24) is 9.88 Å². The topological polar surface area (TPSA) is 62.5 Å². The van der Waals surface area contributed by atoms with E-state index in [9.17, 15) is 4.79 Å². The standard InChI is InChI=1S/C22H25ClN4O/c23-17-9-19(24)21(25-10-17)26-11-16-12-27(22(28)15-7-4-8-15)20(18(16)13-26)14-5-2-1-3-6-14/h1-3,5-6,9-10,15-16,18,20H,4,7-8,11-13,24H2/t16-,18-,20+/m0/s1. The van der Waals surface area contributed by atoms with Gasteiger partial charge < -0.3 is 15.5 Å². The Morgan fingerprint density at radius 1 is 1.14 bits per heavy atom. The molecule has 1 saturated carbocycles. The van der Waals surface area contributed by atoms with E-state index in [1.807, 2.05) is 6.07 Å². The summed E-state index contributed by atoms with van der Waals surface area (Å²) in [6.07, 6.45) is 4.93. The summed E-state index contributed by atoms with van der Waals surface area (Å²) in [6, 6.07) is 12.4. The van der Waals surface area contributed by atoms with Gasteiger partial charge in [-0.15, -0.1) is 0 Å². The molecule has 3 heterocycles. The van der Waals surface area contributed by atoms with Crippen molar-refractivity contribution in [1.29, 1.82) is 0 Å². The van der Waals surface area contributed by atoms with Crippen LogP contribution >= 0.6 is 11.6 Å². The number of benzene rings is 1. The van der Waals surface area contributed by atoms with Crippen molar-refractivity contribution in [2.45, 2.75) is 25.3 Å². The first-order valence-corrected chi connectivity index (χ1v) is 10.5. The van der Waals surface area contributed by atoms with Crippen LogP contribution in [-0.2, 0) is 4.79 Å². The van der Waals surface area contributed by atoms with E-state index in [2.05, 4.69) is 39.0 Å². The highest BCUT2D eigenvalue weighted by atomic mass is 35.5. The molecule has 1 amide bonds. The van der Waals surface area contributed by atoms with Crippen LogP contribution in [0.3, 0.4) is 0 Å². The molecule has 2 N–H and O–H groups in total. The monoisotopic (exact) mass is 396 g/mol. The van der Waals surface area contributed by atoms with Gasteiger partial charge in [-0.05, 0) is 24.5 Å². The van der Waals surface area contributed by atoms with Crippen LogP contribution in [0.5, 0.6) is 0 Å². The molecule has 146 valence electrons. The largest absolute Gasteiger partial charge is 0.396 e. The Balaban J connectivity index is 1.44. The molecule has 2 saturated heterocycles. The summed E-state index contributed by atoms with van der Waals surface area (Å²) < 4.78 is 0. The molecule has 6 heteroatoms. The SMILES string of the molecule is Nc1cc(Cl)cnc1N1C[C@H]2CN(C(=O)C3CCC3)[C@H](c3ccccc3)[C@H]2C1. The summed E-state index contributed by atoms with van der Waals surface area (Å²) >= 11 is 6.02. The maximum absolute atomic E-state index is 13.2. The van der Waals surface area contributed by atoms with Crippen LogP contribution in [0.1, 0.15) is 30.9 Å². The van der Waals surface area contributed by atoms with Crippen LogP contribution < -0.4 is 10.6 Å². The van der Waals surface area contributed by atoms with Gasteiger partial charge in [0.25, 0.3) is 0 Å². The molecule has 0 unspecified atom stereocenters. The Morgan fingerprint density at radius 3 is 2.61 bits per heavy atom. The van der Waals surface area contributed by atoms with E-state index in [-0.39, 0.29) is 12.0 Å². The van der Waals surface area contributed by atoms with E-state index in [1.165, 1.54) is 12.0 Å². The van der Waals surface area contributed by atoms with Crippen LogP contribution in [0.25, 0.3) is 0 Å². The van der Waals surface area contributed by atoms with Gasteiger partial charge in [0, 0.05) is 43.6 Å². The van der Waals surface area contributed by atoms with Crippen LogP contribution in [0.4, 0.5) is 11.5 Å². The van der Waals surface area contributed by atoms with Crippen LogP contribution in [0.2, 0.25) is 5.02 Å². The molecule has 0 spiro atoms. The number of nitrogens with two attached hydrogens (primary N) is 1. The molecule has 1 aliphatic carbocycles. The zero-order valence-electron chi connectivity index (χ0n) is 15.8. The molecule has 5 rings (SSSR count). The lowest BCUT2D eigenvalue weighted by atomic mass is 9.83. The third-order valence-corrected chi connectivity index (χ3v) is 6.91. The fourth-order valence-electron chi connectivity index (χ4n) is 5.12. The second kappa shape index (κ2) is 6.96. The quantitative estimate of drug-likeness (QED) is 0.858. The number of carbonyl (C=O) groups is 1. The minimum atomic E-state index is 0.137. The number of halogens is 1. The Morgan fingerprint density at radius 2 is 1.93 bits per heavy atom. The molecular formula is C22H25ClN4O. The van der Waals surface area contributed by atoms with Crippen molar-refractivity contribution in [3.63, 3.8) is 0 Å². The minimum absolute atomic E-state index is 0.137. The van der Waals surface area contributed by atoms with E-state index < -0.39 is 0 Å². The third-order valence-electron chi connectivity index (χ3n) is 6.70. The summed E-state index contributed by atoms with van der Waals surface area (Å²) in [5.41, 5.74) is 8.04. The van der Waals surface area contributed by atoms with Gasteiger partial charge in [0.2, 0.25) is 5.91 Å².